The first-order chi connectivity index (χ1) is 14.2. The van der Waals surface area contributed by atoms with Gasteiger partial charge in [0.2, 0.25) is 0 Å². The average molecular weight is 410 g/mol. The molecule has 0 aliphatic rings. The SMILES string of the molecule is O=C(NC(Cl)CCc1ccc(OCc2ccccc2)cc1)OCc1ccccc1. The molecular weight excluding hydrogens is 386 g/mol. The van der Waals surface area contributed by atoms with E-state index < -0.39 is 11.6 Å². The largest absolute Gasteiger partial charge is 0.489 e. The Morgan fingerprint density at radius 2 is 1.38 bits per heavy atom. The molecule has 3 rings (SSSR count). The van der Waals surface area contributed by atoms with Gasteiger partial charge in [0, 0.05) is 0 Å². The van der Waals surface area contributed by atoms with Gasteiger partial charge >= 0.3 is 6.09 Å². The molecule has 0 saturated carbocycles. The number of ether oxygens (including phenoxy) is 2. The van der Waals surface area contributed by atoms with Crippen molar-refractivity contribution < 1.29 is 14.3 Å². The van der Waals surface area contributed by atoms with Crippen LogP contribution in [0.15, 0.2) is 84.9 Å². The second-order valence-corrected chi connectivity index (χ2v) is 7.16. The van der Waals surface area contributed by atoms with E-state index in [1.807, 2.05) is 84.9 Å². The number of carbonyl (C=O) groups excluding carboxylic acids is 1. The highest BCUT2D eigenvalue weighted by molar-refractivity contribution is 6.21. The van der Waals surface area contributed by atoms with Gasteiger partial charge in [-0.05, 0) is 41.7 Å². The van der Waals surface area contributed by atoms with Crippen LogP contribution in [-0.4, -0.2) is 11.6 Å². The number of benzene rings is 3. The number of amides is 1. The molecule has 0 aromatic heterocycles. The highest BCUT2D eigenvalue weighted by Gasteiger charge is 2.10. The first-order valence-electron chi connectivity index (χ1n) is 9.56. The molecule has 0 heterocycles. The van der Waals surface area contributed by atoms with E-state index >= 15 is 0 Å². The number of aryl methyl sites for hydroxylation is 1. The smallest absolute Gasteiger partial charge is 0.408 e. The molecule has 3 aromatic rings. The summed E-state index contributed by atoms with van der Waals surface area (Å²) in [4.78, 5) is 11.8. The number of alkyl carbamates (subject to hydrolysis) is 1. The van der Waals surface area contributed by atoms with E-state index in [4.69, 9.17) is 21.1 Å². The summed E-state index contributed by atoms with van der Waals surface area (Å²) in [6.45, 7) is 0.764. The van der Waals surface area contributed by atoms with Gasteiger partial charge in [0.25, 0.3) is 0 Å². The third-order valence-corrected chi connectivity index (χ3v) is 4.67. The second-order valence-electron chi connectivity index (χ2n) is 6.63. The van der Waals surface area contributed by atoms with Gasteiger partial charge in [-0.3, -0.25) is 0 Å². The molecule has 5 heteroatoms. The highest BCUT2D eigenvalue weighted by Crippen LogP contribution is 2.16. The molecule has 0 spiro atoms. The molecule has 0 fully saturated rings. The third-order valence-electron chi connectivity index (χ3n) is 4.35. The van der Waals surface area contributed by atoms with Crippen molar-refractivity contribution in [3.8, 4) is 5.75 Å². The molecule has 1 N–H and O–H groups in total. The van der Waals surface area contributed by atoms with Crippen LogP contribution in [0.25, 0.3) is 0 Å². The number of hydrogen-bond donors (Lipinski definition) is 1. The van der Waals surface area contributed by atoms with Crippen LogP contribution in [0.5, 0.6) is 5.75 Å². The molecule has 0 aliphatic heterocycles. The Kier molecular flexibility index (Phi) is 7.96. The fourth-order valence-corrected chi connectivity index (χ4v) is 2.95. The lowest BCUT2D eigenvalue weighted by Crippen LogP contribution is -2.31. The van der Waals surface area contributed by atoms with Gasteiger partial charge in [0.1, 0.15) is 24.5 Å². The lowest BCUT2D eigenvalue weighted by atomic mass is 10.1. The second kappa shape index (κ2) is 11.1. The van der Waals surface area contributed by atoms with E-state index in [1.54, 1.807) is 0 Å². The molecule has 1 unspecified atom stereocenters. The summed E-state index contributed by atoms with van der Waals surface area (Å²) in [6.07, 6.45) is 0.830. The summed E-state index contributed by atoms with van der Waals surface area (Å²) in [5, 5.41) is 2.65. The number of nitrogens with one attached hydrogen (secondary N) is 1. The molecule has 3 aromatic carbocycles. The van der Waals surface area contributed by atoms with Gasteiger partial charge in [-0.25, -0.2) is 4.79 Å². The van der Waals surface area contributed by atoms with Crippen LogP contribution in [0.1, 0.15) is 23.1 Å². The van der Waals surface area contributed by atoms with E-state index in [0.29, 0.717) is 13.0 Å². The van der Waals surface area contributed by atoms with Crippen LogP contribution in [0.4, 0.5) is 4.79 Å². The maximum atomic E-state index is 11.8. The standard InChI is InChI=1S/C24H24ClNO3/c25-23(26-24(27)29-18-21-9-5-2-6-10-21)16-13-19-11-14-22(15-12-19)28-17-20-7-3-1-4-8-20/h1-12,14-15,23H,13,16-18H2,(H,26,27). The van der Waals surface area contributed by atoms with Gasteiger partial charge in [-0.2, -0.15) is 0 Å². The molecule has 0 bridgehead atoms. The van der Waals surface area contributed by atoms with Crippen LogP contribution in [0.2, 0.25) is 0 Å². The van der Waals surface area contributed by atoms with E-state index in [1.165, 1.54) is 0 Å². The Morgan fingerprint density at radius 3 is 2.00 bits per heavy atom. The molecule has 1 amide bonds. The lowest BCUT2D eigenvalue weighted by molar-refractivity contribution is 0.138. The minimum atomic E-state index is -0.515. The van der Waals surface area contributed by atoms with Gasteiger partial charge in [-0.15, -0.1) is 0 Å². The molecule has 0 saturated heterocycles. The fraction of sp³-hybridized carbons (Fsp3) is 0.208. The van der Waals surface area contributed by atoms with Crippen LogP contribution in [-0.2, 0) is 24.4 Å². The number of rotatable bonds is 9. The van der Waals surface area contributed by atoms with Crippen molar-refractivity contribution in [3.05, 3.63) is 102 Å². The number of hydrogen-bond acceptors (Lipinski definition) is 3. The fourth-order valence-electron chi connectivity index (χ4n) is 2.75. The van der Waals surface area contributed by atoms with Crippen LogP contribution < -0.4 is 10.1 Å². The normalized spacial score (nSPS) is 11.5. The Labute approximate surface area is 176 Å². The minimum absolute atomic E-state index is 0.223. The van der Waals surface area contributed by atoms with Gasteiger partial charge in [0.15, 0.2) is 0 Å². The molecule has 29 heavy (non-hydrogen) atoms. The number of carbonyl (C=O) groups is 1. The first-order valence-corrected chi connectivity index (χ1v) is 9.99. The monoisotopic (exact) mass is 409 g/mol. The molecule has 0 aliphatic carbocycles. The maximum Gasteiger partial charge on any atom is 0.408 e. The van der Waals surface area contributed by atoms with Crippen molar-refractivity contribution in [1.29, 1.82) is 0 Å². The van der Waals surface area contributed by atoms with Crippen molar-refractivity contribution >= 4 is 17.7 Å². The zero-order chi connectivity index (χ0) is 20.3. The summed E-state index contributed by atoms with van der Waals surface area (Å²) < 4.78 is 11.0. The zero-order valence-electron chi connectivity index (χ0n) is 16.1. The summed E-state index contributed by atoms with van der Waals surface area (Å²) in [5.41, 5.74) is 2.70. The number of halogens is 1. The average Bonchev–Trinajstić information content (AvgIpc) is 2.77. The molecule has 150 valence electrons. The third kappa shape index (κ3) is 7.51. The van der Waals surface area contributed by atoms with E-state index in [9.17, 15) is 4.79 Å². The predicted molar refractivity (Wildman–Crippen MR) is 115 cm³/mol. The van der Waals surface area contributed by atoms with Crippen molar-refractivity contribution in [2.45, 2.75) is 31.6 Å². The van der Waals surface area contributed by atoms with Crippen molar-refractivity contribution in [2.75, 3.05) is 0 Å². The van der Waals surface area contributed by atoms with Crippen LogP contribution in [0, 0.1) is 0 Å². The highest BCUT2D eigenvalue weighted by atomic mass is 35.5. The topological polar surface area (TPSA) is 47.6 Å². The Morgan fingerprint density at radius 1 is 0.793 bits per heavy atom. The molecule has 4 nitrogen and oxygen atoms in total. The van der Waals surface area contributed by atoms with Gasteiger partial charge in [-0.1, -0.05) is 84.4 Å². The Hall–Kier alpha value is -2.98. The summed E-state index contributed by atoms with van der Waals surface area (Å²) >= 11 is 6.22. The number of alkyl halides is 1. The Bertz CT molecular complexity index is 870. The van der Waals surface area contributed by atoms with Crippen molar-refractivity contribution in [3.63, 3.8) is 0 Å². The molecule has 0 radical (unpaired) electrons. The van der Waals surface area contributed by atoms with Crippen LogP contribution >= 0.6 is 11.6 Å². The van der Waals surface area contributed by atoms with E-state index in [-0.39, 0.29) is 6.61 Å². The molecule has 1 atom stereocenters. The lowest BCUT2D eigenvalue weighted by Gasteiger charge is -2.13. The zero-order valence-corrected chi connectivity index (χ0v) is 16.8. The van der Waals surface area contributed by atoms with E-state index in [0.717, 1.165) is 28.9 Å². The maximum absolute atomic E-state index is 11.8. The Balaban J connectivity index is 1.36. The van der Waals surface area contributed by atoms with E-state index in [2.05, 4.69) is 5.32 Å². The van der Waals surface area contributed by atoms with Gasteiger partial charge in [0.05, 0.1) is 0 Å². The first kappa shape index (κ1) is 20.7. The summed E-state index contributed by atoms with van der Waals surface area (Å²) in [7, 11) is 0. The quantitative estimate of drug-likeness (QED) is 0.365. The summed E-state index contributed by atoms with van der Waals surface area (Å²) in [5.74, 6) is 0.822. The minimum Gasteiger partial charge on any atom is -0.489 e. The van der Waals surface area contributed by atoms with Crippen molar-refractivity contribution in [1.82, 2.24) is 5.32 Å². The van der Waals surface area contributed by atoms with Crippen LogP contribution in [0.3, 0.4) is 0 Å². The predicted octanol–water partition coefficient (Wildman–Crippen LogP) is 5.69. The van der Waals surface area contributed by atoms with Gasteiger partial charge < -0.3 is 14.8 Å². The van der Waals surface area contributed by atoms with Crippen molar-refractivity contribution in [2.24, 2.45) is 0 Å². The molecular formula is C24H24ClNO3. The summed E-state index contributed by atoms with van der Waals surface area (Å²) in [6, 6.07) is 27.5.